The van der Waals surface area contributed by atoms with E-state index in [1.807, 2.05) is 0 Å². The van der Waals surface area contributed by atoms with Gasteiger partial charge < -0.3 is 5.32 Å². The fourth-order valence-corrected chi connectivity index (χ4v) is 3.24. The molecular weight excluding hydrogens is 208 g/mol. The van der Waals surface area contributed by atoms with Crippen molar-refractivity contribution in [1.82, 2.24) is 10.2 Å². The average molecular weight is 238 g/mol. The molecule has 100 valence electrons. The highest BCUT2D eigenvalue weighted by Crippen LogP contribution is 2.50. The van der Waals surface area contributed by atoms with E-state index in [9.17, 15) is 0 Å². The van der Waals surface area contributed by atoms with Crippen molar-refractivity contribution in [3.63, 3.8) is 0 Å². The molecule has 0 radical (unpaired) electrons. The van der Waals surface area contributed by atoms with Crippen LogP contribution in [-0.2, 0) is 0 Å². The predicted molar refractivity (Wildman–Crippen MR) is 74.2 cm³/mol. The van der Waals surface area contributed by atoms with E-state index in [1.165, 1.54) is 45.3 Å². The molecule has 1 saturated heterocycles. The van der Waals surface area contributed by atoms with Crippen LogP contribution >= 0.6 is 0 Å². The lowest BCUT2D eigenvalue weighted by molar-refractivity contribution is 0.0965. The van der Waals surface area contributed by atoms with E-state index >= 15 is 0 Å². The zero-order valence-electron chi connectivity index (χ0n) is 12.1. The van der Waals surface area contributed by atoms with Gasteiger partial charge in [0.2, 0.25) is 0 Å². The predicted octanol–water partition coefficient (Wildman–Crippen LogP) is 2.89. The number of rotatable bonds is 5. The Balaban J connectivity index is 1.89. The van der Waals surface area contributed by atoms with Crippen LogP contribution in [0.3, 0.4) is 0 Å². The topological polar surface area (TPSA) is 15.3 Å². The van der Waals surface area contributed by atoms with Gasteiger partial charge in [-0.15, -0.1) is 0 Å². The third-order valence-corrected chi connectivity index (χ3v) is 4.81. The lowest BCUT2D eigenvalue weighted by Crippen LogP contribution is -2.58. The highest BCUT2D eigenvalue weighted by molar-refractivity contribution is 4.98. The molecule has 0 aromatic rings. The maximum atomic E-state index is 3.69. The lowest BCUT2D eigenvalue weighted by Gasteiger charge is -2.42. The summed E-state index contributed by atoms with van der Waals surface area (Å²) < 4.78 is 0. The molecule has 0 bridgehead atoms. The van der Waals surface area contributed by atoms with Gasteiger partial charge in [0, 0.05) is 31.7 Å². The van der Waals surface area contributed by atoms with Crippen molar-refractivity contribution >= 4 is 0 Å². The Bertz CT molecular complexity index is 245. The van der Waals surface area contributed by atoms with E-state index in [0.29, 0.717) is 11.5 Å². The van der Waals surface area contributed by atoms with Gasteiger partial charge in [0.25, 0.3) is 0 Å². The molecule has 1 N–H and O–H groups in total. The van der Waals surface area contributed by atoms with Crippen LogP contribution in [0, 0.1) is 11.3 Å². The maximum Gasteiger partial charge on any atom is 0.0218 e. The highest BCUT2D eigenvalue weighted by Gasteiger charge is 2.44. The second-order valence-corrected chi connectivity index (χ2v) is 6.79. The number of piperazine rings is 1. The van der Waals surface area contributed by atoms with Gasteiger partial charge >= 0.3 is 0 Å². The number of hydrogen-bond acceptors (Lipinski definition) is 2. The molecule has 0 spiro atoms. The summed E-state index contributed by atoms with van der Waals surface area (Å²) in [5, 5.41) is 3.69. The molecule has 2 nitrogen and oxygen atoms in total. The second kappa shape index (κ2) is 5.27. The molecule has 17 heavy (non-hydrogen) atoms. The summed E-state index contributed by atoms with van der Waals surface area (Å²) in [6, 6.07) is 1.42. The summed E-state index contributed by atoms with van der Waals surface area (Å²) in [7, 11) is 0. The minimum atomic E-state index is 0.698. The van der Waals surface area contributed by atoms with Crippen LogP contribution in [0.1, 0.15) is 53.4 Å². The van der Waals surface area contributed by atoms with Crippen molar-refractivity contribution in [2.75, 3.05) is 19.6 Å². The fourth-order valence-electron chi connectivity index (χ4n) is 3.24. The number of nitrogens with zero attached hydrogens (tertiary/aromatic N) is 1. The molecule has 2 rings (SSSR count). The first-order chi connectivity index (χ1) is 8.06. The van der Waals surface area contributed by atoms with E-state index in [-0.39, 0.29) is 0 Å². The molecule has 0 aromatic carbocycles. The Morgan fingerprint density at radius 1 is 1.35 bits per heavy atom. The van der Waals surface area contributed by atoms with Crippen molar-refractivity contribution in [2.24, 2.45) is 11.3 Å². The Kier molecular flexibility index (Phi) is 4.14. The standard InChI is InChI=1S/C15H30N2/c1-5-6-15(7-8-15)11-17-10-14(12(2)3)16-9-13(17)4/h12-14,16H,5-11H2,1-4H3. The van der Waals surface area contributed by atoms with Crippen LogP contribution in [0.15, 0.2) is 0 Å². The fraction of sp³-hybridized carbons (Fsp3) is 1.00. The molecular formula is C15H30N2. The molecule has 1 aliphatic carbocycles. The summed E-state index contributed by atoms with van der Waals surface area (Å²) in [5.41, 5.74) is 0.710. The molecule has 2 fully saturated rings. The summed E-state index contributed by atoms with van der Waals surface area (Å²) in [6.07, 6.45) is 5.75. The van der Waals surface area contributed by atoms with E-state index in [0.717, 1.165) is 12.0 Å². The maximum absolute atomic E-state index is 3.69. The third-order valence-electron chi connectivity index (χ3n) is 4.81. The molecule has 2 atom stereocenters. The molecule has 2 heteroatoms. The Hall–Kier alpha value is -0.0800. The van der Waals surface area contributed by atoms with E-state index < -0.39 is 0 Å². The molecule has 1 heterocycles. The van der Waals surface area contributed by atoms with Crippen LogP contribution < -0.4 is 5.32 Å². The van der Waals surface area contributed by atoms with Gasteiger partial charge in [-0.2, -0.15) is 0 Å². The van der Waals surface area contributed by atoms with Gasteiger partial charge in [0.15, 0.2) is 0 Å². The first-order valence-electron chi connectivity index (χ1n) is 7.54. The minimum absolute atomic E-state index is 0.698. The Morgan fingerprint density at radius 3 is 2.59 bits per heavy atom. The van der Waals surface area contributed by atoms with Gasteiger partial charge in [-0.1, -0.05) is 27.2 Å². The Morgan fingerprint density at radius 2 is 2.06 bits per heavy atom. The number of hydrogen-bond donors (Lipinski definition) is 1. The largest absolute Gasteiger partial charge is 0.311 e. The van der Waals surface area contributed by atoms with Crippen LogP contribution in [-0.4, -0.2) is 36.6 Å². The minimum Gasteiger partial charge on any atom is -0.311 e. The zero-order chi connectivity index (χ0) is 12.5. The molecule has 0 aromatic heterocycles. The van der Waals surface area contributed by atoms with Gasteiger partial charge in [-0.25, -0.2) is 0 Å². The van der Waals surface area contributed by atoms with Gasteiger partial charge in [-0.05, 0) is 37.5 Å². The Labute approximate surface area is 107 Å². The van der Waals surface area contributed by atoms with Crippen molar-refractivity contribution in [1.29, 1.82) is 0 Å². The second-order valence-electron chi connectivity index (χ2n) is 6.79. The molecule has 2 aliphatic rings. The summed E-state index contributed by atoms with van der Waals surface area (Å²) in [4.78, 5) is 2.75. The van der Waals surface area contributed by atoms with Crippen LogP contribution in [0.4, 0.5) is 0 Å². The van der Waals surface area contributed by atoms with Crippen molar-refractivity contribution in [3.8, 4) is 0 Å². The van der Waals surface area contributed by atoms with Gasteiger partial charge in [-0.3, -0.25) is 4.90 Å². The summed E-state index contributed by atoms with van der Waals surface area (Å²) in [5.74, 6) is 0.756. The highest BCUT2D eigenvalue weighted by atomic mass is 15.2. The molecule has 2 unspecified atom stereocenters. The zero-order valence-corrected chi connectivity index (χ0v) is 12.1. The van der Waals surface area contributed by atoms with Gasteiger partial charge in [0.1, 0.15) is 0 Å². The van der Waals surface area contributed by atoms with E-state index in [2.05, 4.69) is 37.9 Å². The van der Waals surface area contributed by atoms with Crippen LogP contribution in [0.2, 0.25) is 0 Å². The van der Waals surface area contributed by atoms with Crippen LogP contribution in [0.25, 0.3) is 0 Å². The smallest absolute Gasteiger partial charge is 0.0218 e. The quantitative estimate of drug-likeness (QED) is 0.792. The lowest BCUT2D eigenvalue weighted by atomic mass is 9.95. The van der Waals surface area contributed by atoms with E-state index in [1.54, 1.807) is 0 Å². The first kappa shape index (κ1) is 13.4. The SMILES string of the molecule is CCCC1(CN2CC(C(C)C)NCC2C)CC1. The van der Waals surface area contributed by atoms with Crippen molar-refractivity contribution < 1.29 is 0 Å². The molecule has 1 aliphatic heterocycles. The summed E-state index contributed by atoms with van der Waals surface area (Å²) in [6.45, 7) is 13.2. The average Bonchev–Trinajstić information content (AvgIpc) is 3.02. The van der Waals surface area contributed by atoms with Crippen molar-refractivity contribution in [2.45, 2.75) is 65.5 Å². The van der Waals surface area contributed by atoms with Crippen molar-refractivity contribution in [3.05, 3.63) is 0 Å². The normalized spacial score (nSPS) is 33.0. The molecule has 1 saturated carbocycles. The summed E-state index contributed by atoms with van der Waals surface area (Å²) >= 11 is 0. The third kappa shape index (κ3) is 3.23. The van der Waals surface area contributed by atoms with Gasteiger partial charge in [0.05, 0.1) is 0 Å². The van der Waals surface area contributed by atoms with Crippen LogP contribution in [0.5, 0.6) is 0 Å². The number of nitrogens with one attached hydrogen (secondary N) is 1. The first-order valence-corrected chi connectivity index (χ1v) is 7.54. The molecule has 0 amide bonds. The van der Waals surface area contributed by atoms with E-state index in [4.69, 9.17) is 0 Å². The monoisotopic (exact) mass is 238 g/mol.